The number of Topliss-reactive ketones (excluding diaryl/α,β-unsaturated/α-hetero) is 1. The van der Waals surface area contributed by atoms with Crippen LogP contribution in [0.1, 0.15) is 54.5 Å². The number of nitrogens with zero attached hydrogens (tertiary/aromatic N) is 3. The first-order chi connectivity index (χ1) is 11.8. The van der Waals surface area contributed by atoms with Crippen LogP contribution in [-0.4, -0.2) is 10.4 Å². The van der Waals surface area contributed by atoms with Crippen molar-refractivity contribution in [2.24, 2.45) is 5.41 Å². The maximum absolute atomic E-state index is 11.9. The first kappa shape index (κ1) is 18.2. The first-order valence-corrected chi connectivity index (χ1v) is 8.10. The molecule has 0 unspecified atom stereocenters. The number of hydrogen-bond acceptors (Lipinski definition) is 3. The van der Waals surface area contributed by atoms with Gasteiger partial charge in [0.2, 0.25) is 0 Å². The summed E-state index contributed by atoms with van der Waals surface area (Å²) in [5, 5.41) is 18.1. The Balaban J connectivity index is 2.50. The molecule has 1 heterocycles. The Morgan fingerprint density at radius 1 is 1.24 bits per heavy atom. The Kier molecular flexibility index (Phi) is 5.25. The molecule has 0 saturated heterocycles. The van der Waals surface area contributed by atoms with Crippen molar-refractivity contribution in [3.05, 3.63) is 58.9 Å². The van der Waals surface area contributed by atoms with Crippen molar-refractivity contribution < 1.29 is 4.79 Å². The lowest BCUT2D eigenvalue weighted by molar-refractivity contribution is 0.101. The van der Waals surface area contributed by atoms with E-state index in [1.165, 1.54) is 0 Å². The largest absolute Gasteiger partial charge is 0.314 e. The Morgan fingerprint density at radius 3 is 2.40 bits per heavy atom. The van der Waals surface area contributed by atoms with Gasteiger partial charge >= 0.3 is 0 Å². The van der Waals surface area contributed by atoms with E-state index in [0.29, 0.717) is 17.5 Å². The molecule has 4 heteroatoms. The van der Waals surface area contributed by atoms with Crippen LogP contribution in [-0.2, 0) is 0 Å². The second kappa shape index (κ2) is 7.20. The van der Waals surface area contributed by atoms with E-state index in [0.717, 1.165) is 17.1 Å². The van der Waals surface area contributed by atoms with Gasteiger partial charge in [0.1, 0.15) is 0 Å². The molecule has 1 aromatic heterocycles. The van der Waals surface area contributed by atoms with Crippen LogP contribution in [0.2, 0.25) is 0 Å². The van der Waals surface area contributed by atoms with Crippen molar-refractivity contribution in [1.29, 1.82) is 10.5 Å². The molecule has 0 atom stereocenters. The second-order valence-electron chi connectivity index (χ2n) is 6.72. The highest BCUT2D eigenvalue weighted by Gasteiger charge is 2.16. The van der Waals surface area contributed by atoms with E-state index in [-0.39, 0.29) is 5.78 Å². The number of carbonyl (C=O) groups excluding carboxylic acids is 1. The number of allylic oxidation sites excluding steroid dienone is 1. The van der Waals surface area contributed by atoms with E-state index in [2.05, 4.69) is 12.1 Å². The molecule has 25 heavy (non-hydrogen) atoms. The van der Waals surface area contributed by atoms with E-state index in [9.17, 15) is 4.79 Å². The lowest BCUT2D eigenvalue weighted by Gasteiger charge is -2.12. The fourth-order valence-electron chi connectivity index (χ4n) is 2.66. The minimum Gasteiger partial charge on any atom is -0.314 e. The van der Waals surface area contributed by atoms with Gasteiger partial charge in [0, 0.05) is 22.6 Å². The highest BCUT2D eigenvalue weighted by Crippen LogP contribution is 2.25. The number of aromatic nitrogens is 1. The molecule has 0 saturated carbocycles. The minimum atomic E-state index is -0.430. The Hall–Kier alpha value is -3.11. The molecule has 0 aliphatic carbocycles. The fourth-order valence-corrected chi connectivity index (χ4v) is 2.66. The molecule has 2 rings (SSSR count). The van der Waals surface area contributed by atoms with E-state index in [1.54, 1.807) is 19.1 Å². The minimum absolute atomic E-state index is 0.0110. The number of rotatable bonds is 5. The third-order valence-corrected chi connectivity index (χ3v) is 4.13. The monoisotopic (exact) mass is 331 g/mol. The maximum Gasteiger partial charge on any atom is 0.161 e. The number of carbonyl (C=O) groups is 1. The van der Waals surface area contributed by atoms with Gasteiger partial charge in [-0.3, -0.25) is 4.79 Å². The standard InChI is InChI=1S/C21H21N3O/c1-15-20(16(2)25)12-19(6-5-11-21(3,4)14-23)24(15)18-9-7-17(13-22)8-10-18/h5-10,12H,11H2,1-4H3/b6-5+. The number of benzene rings is 1. The summed E-state index contributed by atoms with van der Waals surface area (Å²) >= 11 is 0. The van der Waals surface area contributed by atoms with Crippen molar-refractivity contribution >= 4 is 11.9 Å². The van der Waals surface area contributed by atoms with Crippen molar-refractivity contribution in [2.45, 2.75) is 34.1 Å². The third-order valence-electron chi connectivity index (χ3n) is 4.13. The predicted octanol–water partition coefficient (Wildman–Crippen LogP) is 4.81. The van der Waals surface area contributed by atoms with Crippen LogP contribution < -0.4 is 0 Å². The lowest BCUT2D eigenvalue weighted by atomic mass is 9.91. The van der Waals surface area contributed by atoms with Crippen molar-refractivity contribution in [1.82, 2.24) is 4.57 Å². The number of ketones is 1. The van der Waals surface area contributed by atoms with Crippen LogP contribution in [0.3, 0.4) is 0 Å². The molecule has 0 bridgehead atoms. The smallest absolute Gasteiger partial charge is 0.161 e. The fraction of sp³-hybridized carbons (Fsp3) is 0.286. The summed E-state index contributed by atoms with van der Waals surface area (Å²) < 4.78 is 1.99. The van der Waals surface area contributed by atoms with Crippen molar-refractivity contribution in [2.75, 3.05) is 0 Å². The molecule has 0 radical (unpaired) electrons. The van der Waals surface area contributed by atoms with Crippen molar-refractivity contribution in [3.63, 3.8) is 0 Å². The maximum atomic E-state index is 11.9. The van der Waals surface area contributed by atoms with Gasteiger partial charge in [0.25, 0.3) is 0 Å². The summed E-state index contributed by atoms with van der Waals surface area (Å²) in [5.74, 6) is 0.0110. The van der Waals surface area contributed by atoms with Crippen LogP contribution in [0.5, 0.6) is 0 Å². The normalized spacial score (nSPS) is 11.3. The van der Waals surface area contributed by atoms with Gasteiger partial charge in [-0.15, -0.1) is 0 Å². The van der Waals surface area contributed by atoms with Gasteiger partial charge in [0.15, 0.2) is 5.78 Å². The van der Waals surface area contributed by atoms with E-state index in [4.69, 9.17) is 10.5 Å². The zero-order valence-corrected chi connectivity index (χ0v) is 15.0. The quantitative estimate of drug-likeness (QED) is 0.738. The van der Waals surface area contributed by atoms with Gasteiger partial charge in [-0.25, -0.2) is 0 Å². The second-order valence-corrected chi connectivity index (χ2v) is 6.72. The summed E-state index contributed by atoms with van der Waals surface area (Å²) in [6.45, 7) is 7.25. The van der Waals surface area contributed by atoms with Crippen molar-refractivity contribution in [3.8, 4) is 17.8 Å². The predicted molar refractivity (Wildman–Crippen MR) is 98.3 cm³/mol. The Morgan fingerprint density at radius 2 is 1.88 bits per heavy atom. The van der Waals surface area contributed by atoms with Gasteiger partial charge in [0.05, 0.1) is 23.1 Å². The van der Waals surface area contributed by atoms with E-state index in [1.807, 2.05) is 55.7 Å². The molecular weight excluding hydrogens is 310 g/mol. The average molecular weight is 331 g/mol. The van der Waals surface area contributed by atoms with Crippen LogP contribution in [0.15, 0.2) is 36.4 Å². The van der Waals surface area contributed by atoms with Gasteiger partial charge in [-0.05, 0) is 70.5 Å². The first-order valence-electron chi connectivity index (χ1n) is 8.10. The summed E-state index contributed by atoms with van der Waals surface area (Å²) in [7, 11) is 0. The summed E-state index contributed by atoms with van der Waals surface area (Å²) in [6, 6.07) is 13.5. The van der Waals surface area contributed by atoms with Crippen LogP contribution in [0.4, 0.5) is 0 Å². The zero-order valence-electron chi connectivity index (χ0n) is 15.0. The Bertz CT molecular complexity index is 900. The third kappa shape index (κ3) is 4.05. The summed E-state index contributed by atoms with van der Waals surface area (Å²) in [5.41, 5.74) is 3.46. The zero-order chi connectivity index (χ0) is 18.6. The molecule has 0 spiro atoms. The van der Waals surface area contributed by atoms with Crippen LogP contribution >= 0.6 is 0 Å². The molecule has 126 valence electrons. The highest BCUT2D eigenvalue weighted by atomic mass is 16.1. The van der Waals surface area contributed by atoms with Crippen LogP contribution in [0, 0.1) is 35.0 Å². The van der Waals surface area contributed by atoms with Gasteiger partial charge < -0.3 is 4.57 Å². The topological polar surface area (TPSA) is 69.6 Å². The molecule has 2 aromatic rings. The SMILES string of the molecule is CC(=O)c1cc(/C=C/CC(C)(C)C#N)n(-c2ccc(C#N)cc2)c1C. The summed E-state index contributed by atoms with van der Waals surface area (Å²) in [4.78, 5) is 11.9. The molecule has 0 fully saturated rings. The number of hydrogen-bond donors (Lipinski definition) is 0. The van der Waals surface area contributed by atoms with Gasteiger partial charge in [-0.2, -0.15) is 10.5 Å². The van der Waals surface area contributed by atoms with E-state index >= 15 is 0 Å². The molecule has 0 N–H and O–H groups in total. The molecule has 0 aliphatic rings. The molecule has 1 aromatic carbocycles. The average Bonchev–Trinajstić information content (AvgIpc) is 2.91. The Labute approximate surface area is 148 Å². The van der Waals surface area contributed by atoms with E-state index < -0.39 is 5.41 Å². The lowest BCUT2D eigenvalue weighted by Crippen LogP contribution is -2.05. The molecular formula is C21H21N3O. The molecule has 0 amide bonds. The highest BCUT2D eigenvalue weighted by molar-refractivity contribution is 5.96. The van der Waals surface area contributed by atoms with Crippen LogP contribution in [0.25, 0.3) is 11.8 Å². The molecule has 4 nitrogen and oxygen atoms in total. The number of nitriles is 2. The molecule has 0 aliphatic heterocycles. The van der Waals surface area contributed by atoms with Gasteiger partial charge in [-0.1, -0.05) is 6.08 Å². The summed E-state index contributed by atoms with van der Waals surface area (Å²) in [6.07, 6.45) is 4.52.